The largest absolute Gasteiger partial charge is 0.377 e. The van der Waals surface area contributed by atoms with Crippen LogP contribution >= 0.6 is 0 Å². The molecule has 0 spiro atoms. The Morgan fingerprint density at radius 1 is 1.05 bits per heavy atom. The summed E-state index contributed by atoms with van der Waals surface area (Å²) in [7, 11) is 0. The molecule has 1 aromatic heterocycles. The fraction of sp³-hybridized carbons (Fsp3) is 0.643. The van der Waals surface area contributed by atoms with Crippen molar-refractivity contribution < 1.29 is 17.6 Å². The van der Waals surface area contributed by atoms with E-state index in [1.54, 1.807) is 0 Å². The molecular weight excluding hydrogens is 272 g/mol. The summed E-state index contributed by atoms with van der Waals surface area (Å²) >= 11 is 0. The predicted molar refractivity (Wildman–Crippen MR) is 68.3 cm³/mol. The molecule has 1 N–H and O–H groups in total. The Kier molecular flexibility index (Phi) is 4.83. The van der Waals surface area contributed by atoms with E-state index in [-0.39, 0.29) is 12.0 Å². The number of rotatable bonds is 4. The van der Waals surface area contributed by atoms with E-state index in [0.29, 0.717) is 6.42 Å². The summed E-state index contributed by atoms with van der Waals surface area (Å²) in [4.78, 5) is 2.56. The normalized spacial score (nSPS) is 18.1. The number of hydrogen-bond acceptors (Lipinski definition) is 2. The Hall–Kier alpha value is -1.33. The number of anilines is 1. The second-order valence-electron chi connectivity index (χ2n) is 5.25. The second kappa shape index (κ2) is 6.41. The van der Waals surface area contributed by atoms with Gasteiger partial charge in [-0.3, -0.25) is 0 Å². The molecule has 0 amide bonds. The molecule has 1 aromatic rings. The van der Waals surface area contributed by atoms with Crippen molar-refractivity contribution in [1.82, 2.24) is 4.98 Å². The zero-order valence-electron chi connectivity index (χ0n) is 11.4. The molecule has 0 radical (unpaired) electrons. The number of halogens is 4. The van der Waals surface area contributed by atoms with Crippen LogP contribution in [-0.2, 0) is 0 Å². The molecular formula is C14H18F4N2. The van der Waals surface area contributed by atoms with Gasteiger partial charge in [0.25, 0.3) is 11.9 Å². The summed E-state index contributed by atoms with van der Waals surface area (Å²) in [5, 5.41) is 2.65. The number of nitrogens with zero attached hydrogens (tertiary/aromatic N) is 1. The molecule has 1 unspecified atom stereocenters. The summed E-state index contributed by atoms with van der Waals surface area (Å²) in [6.45, 7) is 1.88. The molecule has 1 fully saturated rings. The molecule has 1 aliphatic rings. The molecule has 1 heterocycles. The van der Waals surface area contributed by atoms with Crippen LogP contribution in [-0.4, -0.2) is 11.0 Å². The summed E-state index contributed by atoms with van der Waals surface area (Å²) < 4.78 is 53.4. The third kappa shape index (κ3) is 3.04. The van der Waals surface area contributed by atoms with Crippen molar-refractivity contribution in [1.29, 1.82) is 0 Å². The van der Waals surface area contributed by atoms with E-state index in [0.717, 1.165) is 32.1 Å². The highest BCUT2D eigenvalue weighted by molar-refractivity contribution is 5.46. The first-order valence-electron chi connectivity index (χ1n) is 7.01. The predicted octanol–water partition coefficient (Wildman–Crippen LogP) is 4.41. The van der Waals surface area contributed by atoms with Crippen LogP contribution in [0, 0.1) is 29.4 Å². The van der Waals surface area contributed by atoms with Crippen molar-refractivity contribution in [3.8, 4) is 0 Å². The standard InChI is InChI=1S/C14H18F4N2/c1-2-9(8-6-4-3-5-7-8)19-12-10(15)13(17)20-14(18)11(12)16/h8-9H,2-7H2,1H3,(H,19,20). The molecule has 2 nitrogen and oxygen atoms in total. The molecule has 0 aromatic carbocycles. The van der Waals surface area contributed by atoms with Crippen LogP contribution in [0.5, 0.6) is 0 Å². The SMILES string of the molecule is CCC(Nc1c(F)c(F)nc(F)c1F)C1CCCCC1. The van der Waals surface area contributed by atoms with Crippen LogP contribution in [0.1, 0.15) is 45.4 Å². The minimum atomic E-state index is -1.62. The van der Waals surface area contributed by atoms with Gasteiger partial charge in [-0.1, -0.05) is 26.2 Å². The van der Waals surface area contributed by atoms with Gasteiger partial charge in [-0.05, 0) is 25.2 Å². The highest BCUT2D eigenvalue weighted by Crippen LogP contribution is 2.31. The molecule has 20 heavy (non-hydrogen) atoms. The van der Waals surface area contributed by atoms with E-state index >= 15 is 0 Å². The first kappa shape index (κ1) is 15.1. The zero-order valence-corrected chi connectivity index (χ0v) is 11.4. The molecule has 1 aliphatic carbocycles. The third-order valence-corrected chi connectivity index (χ3v) is 3.99. The van der Waals surface area contributed by atoms with Crippen LogP contribution in [0.3, 0.4) is 0 Å². The Morgan fingerprint density at radius 2 is 1.60 bits per heavy atom. The van der Waals surface area contributed by atoms with Gasteiger partial charge in [-0.15, -0.1) is 0 Å². The fourth-order valence-corrected chi connectivity index (χ4v) is 2.89. The molecule has 6 heteroatoms. The van der Waals surface area contributed by atoms with Crippen LogP contribution in [0.25, 0.3) is 0 Å². The molecule has 0 saturated heterocycles. The molecule has 0 bridgehead atoms. The van der Waals surface area contributed by atoms with E-state index in [1.165, 1.54) is 0 Å². The minimum Gasteiger partial charge on any atom is -0.377 e. The van der Waals surface area contributed by atoms with Gasteiger partial charge in [0.1, 0.15) is 5.69 Å². The lowest BCUT2D eigenvalue weighted by molar-refractivity contribution is 0.310. The summed E-state index contributed by atoms with van der Waals surface area (Å²) in [6, 6.07) is -0.194. The maximum Gasteiger partial charge on any atom is 0.253 e. The Balaban J connectivity index is 2.23. The summed E-state index contributed by atoms with van der Waals surface area (Å²) in [5.74, 6) is -5.89. The lowest BCUT2D eigenvalue weighted by Gasteiger charge is -2.31. The minimum absolute atomic E-state index is 0.194. The Labute approximate surface area is 115 Å². The summed E-state index contributed by atoms with van der Waals surface area (Å²) in [6.07, 6.45) is 5.87. The van der Waals surface area contributed by atoms with Crippen molar-refractivity contribution in [3.05, 3.63) is 23.5 Å². The van der Waals surface area contributed by atoms with Gasteiger partial charge in [0.2, 0.25) is 11.6 Å². The Bertz CT molecular complexity index is 446. The van der Waals surface area contributed by atoms with E-state index in [2.05, 4.69) is 10.3 Å². The van der Waals surface area contributed by atoms with Gasteiger partial charge in [-0.25, -0.2) is 0 Å². The Morgan fingerprint density at radius 3 is 2.10 bits per heavy atom. The van der Waals surface area contributed by atoms with Crippen LogP contribution in [0.15, 0.2) is 0 Å². The average molecular weight is 290 g/mol. The van der Waals surface area contributed by atoms with Crippen molar-refractivity contribution in [2.75, 3.05) is 5.32 Å². The summed E-state index contributed by atoms with van der Waals surface area (Å²) in [5.41, 5.74) is -0.743. The van der Waals surface area contributed by atoms with E-state index in [9.17, 15) is 17.6 Å². The number of aromatic nitrogens is 1. The third-order valence-electron chi connectivity index (χ3n) is 3.99. The molecule has 112 valence electrons. The van der Waals surface area contributed by atoms with Crippen molar-refractivity contribution in [2.45, 2.75) is 51.5 Å². The number of hydrogen-bond donors (Lipinski definition) is 1. The molecule has 0 aliphatic heterocycles. The zero-order chi connectivity index (χ0) is 14.7. The first-order chi connectivity index (χ1) is 9.54. The molecule has 1 atom stereocenters. The quantitative estimate of drug-likeness (QED) is 0.656. The number of pyridine rings is 1. The first-order valence-corrected chi connectivity index (χ1v) is 7.01. The van der Waals surface area contributed by atoms with Gasteiger partial charge in [0.05, 0.1) is 0 Å². The maximum absolute atomic E-state index is 13.6. The topological polar surface area (TPSA) is 24.9 Å². The van der Waals surface area contributed by atoms with Gasteiger partial charge in [0, 0.05) is 6.04 Å². The van der Waals surface area contributed by atoms with Gasteiger partial charge < -0.3 is 5.32 Å². The lowest BCUT2D eigenvalue weighted by atomic mass is 9.83. The van der Waals surface area contributed by atoms with Crippen molar-refractivity contribution >= 4 is 5.69 Å². The lowest BCUT2D eigenvalue weighted by Crippen LogP contribution is -2.31. The molecule has 2 rings (SSSR count). The monoisotopic (exact) mass is 290 g/mol. The van der Waals surface area contributed by atoms with E-state index in [1.807, 2.05) is 6.92 Å². The van der Waals surface area contributed by atoms with Crippen molar-refractivity contribution in [2.24, 2.45) is 5.92 Å². The highest BCUT2D eigenvalue weighted by Gasteiger charge is 2.27. The van der Waals surface area contributed by atoms with Crippen LogP contribution < -0.4 is 5.32 Å². The van der Waals surface area contributed by atoms with Gasteiger partial charge in [0.15, 0.2) is 0 Å². The fourth-order valence-electron chi connectivity index (χ4n) is 2.89. The van der Waals surface area contributed by atoms with Crippen molar-refractivity contribution in [3.63, 3.8) is 0 Å². The van der Waals surface area contributed by atoms with E-state index in [4.69, 9.17) is 0 Å². The molecule has 1 saturated carbocycles. The number of nitrogens with one attached hydrogen (secondary N) is 1. The average Bonchev–Trinajstić information content (AvgIpc) is 2.46. The van der Waals surface area contributed by atoms with Gasteiger partial charge in [-0.2, -0.15) is 22.5 Å². The van der Waals surface area contributed by atoms with Gasteiger partial charge >= 0.3 is 0 Å². The van der Waals surface area contributed by atoms with E-state index < -0.39 is 29.2 Å². The van der Waals surface area contributed by atoms with Crippen LogP contribution in [0.4, 0.5) is 23.2 Å². The smallest absolute Gasteiger partial charge is 0.253 e. The second-order valence-corrected chi connectivity index (χ2v) is 5.25. The van der Waals surface area contributed by atoms with Crippen LogP contribution in [0.2, 0.25) is 0 Å². The highest BCUT2D eigenvalue weighted by atomic mass is 19.2. The maximum atomic E-state index is 13.6.